The molecule has 1 aromatic carbocycles. The standard InChI is InChI=1S/C19H23FN4O3S/c1-10(18-24-14(9-28-18)19(2,3)4)22-16(26)17(27)23-11-6-7-13(20)12(8-11)15(25)21-5/h6-10H,1-5H3,(H,21,25)(H,22,26)(H,23,27). The first-order valence-electron chi connectivity index (χ1n) is 8.62. The fraction of sp³-hybridized carbons (Fsp3) is 0.368. The quantitative estimate of drug-likeness (QED) is 0.680. The van der Waals surface area contributed by atoms with Gasteiger partial charge in [-0.3, -0.25) is 14.4 Å². The SMILES string of the molecule is CNC(=O)c1cc(NC(=O)C(=O)NC(C)c2nc(C(C)(C)C)cs2)ccc1F. The lowest BCUT2D eigenvalue weighted by atomic mass is 9.93. The Kier molecular flexibility index (Phi) is 6.50. The van der Waals surface area contributed by atoms with Crippen LogP contribution in [0.25, 0.3) is 0 Å². The first kappa shape index (κ1) is 21.5. The van der Waals surface area contributed by atoms with Crippen molar-refractivity contribution in [2.24, 2.45) is 0 Å². The van der Waals surface area contributed by atoms with Gasteiger partial charge in [-0.1, -0.05) is 20.8 Å². The molecule has 0 fully saturated rings. The molecule has 150 valence electrons. The molecule has 28 heavy (non-hydrogen) atoms. The van der Waals surface area contributed by atoms with E-state index in [0.29, 0.717) is 5.01 Å². The highest BCUT2D eigenvalue weighted by Gasteiger charge is 2.23. The molecule has 0 saturated carbocycles. The van der Waals surface area contributed by atoms with Crippen molar-refractivity contribution in [1.82, 2.24) is 15.6 Å². The van der Waals surface area contributed by atoms with Crippen LogP contribution in [0, 0.1) is 5.82 Å². The summed E-state index contributed by atoms with van der Waals surface area (Å²) in [6, 6.07) is 3.03. The van der Waals surface area contributed by atoms with Gasteiger partial charge in [0.15, 0.2) is 0 Å². The Labute approximate surface area is 166 Å². The van der Waals surface area contributed by atoms with Gasteiger partial charge in [0.05, 0.1) is 17.3 Å². The summed E-state index contributed by atoms with van der Waals surface area (Å²) in [6.07, 6.45) is 0. The molecule has 2 aromatic rings. The number of amides is 3. The second kappa shape index (κ2) is 8.47. The van der Waals surface area contributed by atoms with E-state index in [-0.39, 0.29) is 16.7 Å². The van der Waals surface area contributed by atoms with Crippen LogP contribution in [0.15, 0.2) is 23.6 Å². The molecule has 1 aromatic heterocycles. The van der Waals surface area contributed by atoms with Gasteiger partial charge in [0.1, 0.15) is 10.8 Å². The Morgan fingerprint density at radius 3 is 2.43 bits per heavy atom. The van der Waals surface area contributed by atoms with E-state index in [9.17, 15) is 18.8 Å². The topological polar surface area (TPSA) is 100 Å². The lowest BCUT2D eigenvalue weighted by molar-refractivity contribution is -0.136. The van der Waals surface area contributed by atoms with E-state index in [1.165, 1.54) is 30.5 Å². The summed E-state index contributed by atoms with van der Waals surface area (Å²) in [5.41, 5.74) is 0.704. The second-order valence-electron chi connectivity index (χ2n) is 7.24. The monoisotopic (exact) mass is 406 g/mol. The molecule has 9 heteroatoms. The number of carbonyl (C=O) groups excluding carboxylic acids is 3. The third-order valence-corrected chi connectivity index (χ3v) is 4.94. The van der Waals surface area contributed by atoms with Crippen LogP contribution in [-0.2, 0) is 15.0 Å². The maximum Gasteiger partial charge on any atom is 0.313 e. The first-order valence-corrected chi connectivity index (χ1v) is 9.50. The fourth-order valence-electron chi connectivity index (χ4n) is 2.25. The molecule has 0 spiro atoms. The molecule has 1 heterocycles. The summed E-state index contributed by atoms with van der Waals surface area (Å²) in [5.74, 6) is -3.14. The summed E-state index contributed by atoms with van der Waals surface area (Å²) >= 11 is 1.41. The van der Waals surface area contributed by atoms with E-state index in [2.05, 4.69) is 20.9 Å². The van der Waals surface area contributed by atoms with E-state index < -0.39 is 29.6 Å². The van der Waals surface area contributed by atoms with Gasteiger partial charge in [-0.05, 0) is 25.1 Å². The average Bonchev–Trinajstić information content (AvgIpc) is 3.13. The zero-order valence-electron chi connectivity index (χ0n) is 16.3. The summed E-state index contributed by atoms with van der Waals surface area (Å²) in [6.45, 7) is 7.85. The highest BCUT2D eigenvalue weighted by Crippen LogP contribution is 2.26. The number of hydrogen-bond donors (Lipinski definition) is 3. The number of thiazole rings is 1. The average molecular weight is 406 g/mol. The van der Waals surface area contributed by atoms with Crippen LogP contribution in [0.3, 0.4) is 0 Å². The zero-order chi connectivity index (χ0) is 21.1. The largest absolute Gasteiger partial charge is 0.355 e. The summed E-state index contributed by atoms with van der Waals surface area (Å²) in [4.78, 5) is 40.5. The van der Waals surface area contributed by atoms with E-state index in [4.69, 9.17) is 0 Å². The highest BCUT2D eigenvalue weighted by molar-refractivity contribution is 7.09. The molecule has 0 saturated heterocycles. The number of nitrogens with zero attached hydrogens (tertiary/aromatic N) is 1. The van der Waals surface area contributed by atoms with Gasteiger partial charge in [0, 0.05) is 23.5 Å². The number of aromatic nitrogens is 1. The maximum atomic E-state index is 13.7. The zero-order valence-corrected chi connectivity index (χ0v) is 17.2. The van der Waals surface area contributed by atoms with Crippen molar-refractivity contribution in [1.29, 1.82) is 0 Å². The highest BCUT2D eigenvalue weighted by atomic mass is 32.1. The van der Waals surface area contributed by atoms with Gasteiger partial charge in [0.25, 0.3) is 5.91 Å². The third-order valence-electron chi connectivity index (χ3n) is 3.91. The van der Waals surface area contributed by atoms with Crippen LogP contribution < -0.4 is 16.0 Å². The molecule has 3 N–H and O–H groups in total. The minimum absolute atomic E-state index is 0.110. The molecular weight excluding hydrogens is 383 g/mol. The molecule has 0 aliphatic carbocycles. The Morgan fingerprint density at radius 2 is 1.86 bits per heavy atom. The number of hydrogen-bond acceptors (Lipinski definition) is 5. The fourth-order valence-corrected chi connectivity index (χ4v) is 3.31. The molecule has 1 atom stereocenters. The third kappa shape index (κ3) is 5.13. The van der Waals surface area contributed by atoms with E-state index in [0.717, 1.165) is 11.8 Å². The van der Waals surface area contributed by atoms with Gasteiger partial charge in [-0.25, -0.2) is 9.37 Å². The van der Waals surface area contributed by atoms with E-state index >= 15 is 0 Å². The molecule has 1 unspecified atom stereocenters. The Bertz CT molecular complexity index is 905. The van der Waals surface area contributed by atoms with Crippen LogP contribution >= 0.6 is 11.3 Å². The molecule has 0 aliphatic heterocycles. The molecule has 2 rings (SSSR count). The smallest absolute Gasteiger partial charge is 0.313 e. The molecule has 0 radical (unpaired) electrons. The van der Waals surface area contributed by atoms with Crippen molar-refractivity contribution in [3.05, 3.63) is 45.7 Å². The molecule has 7 nitrogen and oxygen atoms in total. The van der Waals surface area contributed by atoms with Gasteiger partial charge >= 0.3 is 11.8 Å². The Hall–Kier alpha value is -2.81. The maximum absolute atomic E-state index is 13.7. The Morgan fingerprint density at radius 1 is 1.18 bits per heavy atom. The molecule has 0 aliphatic rings. The van der Waals surface area contributed by atoms with E-state index in [1.54, 1.807) is 6.92 Å². The lowest BCUT2D eigenvalue weighted by Crippen LogP contribution is -2.37. The van der Waals surface area contributed by atoms with Crippen LogP contribution in [-0.4, -0.2) is 29.8 Å². The predicted octanol–water partition coefficient (Wildman–Crippen LogP) is 2.76. The number of carbonyl (C=O) groups is 3. The minimum Gasteiger partial charge on any atom is -0.355 e. The van der Waals surface area contributed by atoms with Crippen molar-refractivity contribution in [3.8, 4) is 0 Å². The van der Waals surface area contributed by atoms with E-state index in [1.807, 2.05) is 26.2 Å². The van der Waals surface area contributed by atoms with Crippen molar-refractivity contribution in [2.75, 3.05) is 12.4 Å². The summed E-state index contributed by atoms with van der Waals surface area (Å²) in [5, 5.41) is 9.87. The van der Waals surface area contributed by atoms with Gasteiger partial charge in [-0.2, -0.15) is 0 Å². The molecule has 0 bridgehead atoms. The number of benzene rings is 1. The van der Waals surface area contributed by atoms with Gasteiger partial charge in [-0.15, -0.1) is 11.3 Å². The number of anilines is 1. The predicted molar refractivity (Wildman–Crippen MR) is 106 cm³/mol. The van der Waals surface area contributed by atoms with Crippen LogP contribution in [0.1, 0.15) is 54.8 Å². The Balaban J connectivity index is 2.04. The van der Waals surface area contributed by atoms with Crippen LogP contribution in [0.2, 0.25) is 0 Å². The summed E-state index contributed by atoms with van der Waals surface area (Å²) in [7, 11) is 1.37. The lowest BCUT2D eigenvalue weighted by Gasteiger charge is -2.15. The van der Waals surface area contributed by atoms with Gasteiger partial charge < -0.3 is 16.0 Å². The van der Waals surface area contributed by atoms with Crippen LogP contribution in [0.4, 0.5) is 10.1 Å². The summed E-state index contributed by atoms with van der Waals surface area (Å²) < 4.78 is 13.7. The van der Waals surface area contributed by atoms with Crippen molar-refractivity contribution < 1.29 is 18.8 Å². The second-order valence-corrected chi connectivity index (χ2v) is 8.13. The normalized spacial score (nSPS) is 12.2. The van der Waals surface area contributed by atoms with Crippen LogP contribution in [0.5, 0.6) is 0 Å². The van der Waals surface area contributed by atoms with Gasteiger partial charge in [0.2, 0.25) is 0 Å². The molecular formula is C19H23FN4O3S. The number of nitrogens with one attached hydrogen (secondary N) is 3. The van der Waals surface area contributed by atoms with Crippen molar-refractivity contribution in [2.45, 2.75) is 39.2 Å². The number of halogens is 1. The minimum atomic E-state index is -0.922. The number of rotatable bonds is 4. The van der Waals surface area contributed by atoms with Crippen molar-refractivity contribution >= 4 is 34.7 Å². The molecule has 3 amide bonds. The first-order chi connectivity index (χ1) is 13.0. The van der Waals surface area contributed by atoms with Crippen molar-refractivity contribution in [3.63, 3.8) is 0 Å².